The van der Waals surface area contributed by atoms with Gasteiger partial charge in [-0.15, -0.1) is 0 Å². The van der Waals surface area contributed by atoms with Gasteiger partial charge in [-0.3, -0.25) is 19.2 Å². The average Bonchev–Trinajstić information content (AvgIpc) is 3.16. The minimum atomic E-state index is -0.292. The number of carbonyl (C=O) groups excluding carboxylic acids is 2. The van der Waals surface area contributed by atoms with Crippen molar-refractivity contribution < 1.29 is 9.59 Å². The molecule has 7 nitrogen and oxygen atoms in total. The van der Waals surface area contributed by atoms with Crippen LogP contribution in [0.1, 0.15) is 30.7 Å². The Bertz CT molecular complexity index is 562. The summed E-state index contributed by atoms with van der Waals surface area (Å²) in [7, 11) is 1.89. The number of piperidine rings is 1. The van der Waals surface area contributed by atoms with Gasteiger partial charge < -0.3 is 11.1 Å². The van der Waals surface area contributed by atoms with Crippen LogP contribution in [0, 0.1) is 5.92 Å². The number of rotatable bonds is 5. The summed E-state index contributed by atoms with van der Waals surface area (Å²) >= 11 is 0. The van der Waals surface area contributed by atoms with Crippen LogP contribution >= 0.6 is 0 Å². The normalized spacial score (nSPS) is 25.9. The van der Waals surface area contributed by atoms with Crippen molar-refractivity contribution >= 4 is 11.8 Å². The standard InChI is InChI=1S/C15H23N5O2/c1-19-8-10(7-17-19)12-6-13(12)15(22)18-11-2-4-20(5-3-11)9-14(16)21/h7-8,11-13H,2-6,9H2,1H3,(H2,16,21)(H,18,22)/t12-,13+/m1/s1. The third-order valence-corrected chi connectivity index (χ3v) is 4.59. The predicted octanol–water partition coefficient (Wildman–Crippen LogP) is -0.410. The molecule has 2 fully saturated rings. The van der Waals surface area contributed by atoms with Crippen LogP contribution in [0.4, 0.5) is 0 Å². The van der Waals surface area contributed by atoms with Gasteiger partial charge in [0.15, 0.2) is 0 Å². The van der Waals surface area contributed by atoms with Crippen LogP contribution in [-0.2, 0) is 16.6 Å². The van der Waals surface area contributed by atoms with Gasteiger partial charge in [0.05, 0.1) is 12.7 Å². The van der Waals surface area contributed by atoms with Crippen molar-refractivity contribution in [3.05, 3.63) is 18.0 Å². The van der Waals surface area contributed by atoms with Gasteiger partial charge >= 0.3 is 0 Å². The molecule has 3 rings (SSSR count). The number of hydrogen-bond acceptors (Lipinski definition) is 4. The molecule has 2 heterocycles. The van der Waals surface area contributed by atoms with Gasteiger partial charge in [0.25, 0.3) is 0 Å². The highest BCUT2D eigenvalue weighted by atomic mass is 16.2. The first-order valence-electron chi connectivity index (χ1n) is 7.82. The predicted molar refractivity (Wildman–Crippen MR) is 80.9 cm³/mol. The molecule has 0 radical (unpaired) electrons. The highest BCUT2D eigenvalue weighted by Crippen LogP contribution is 2.47. The molecular weight excluding hydrogens is 282 g/mol. The number of amides is 2. The monoisotopic (exact) mass is 305 g/mol. The zero-order valence-electron chi connectivity index (χ0n) is 12.9. The van der Waals surface area contributed by atoms with Gasteiger partial charge in [-0.1, -0.05) is 0 Å². The van der Waals surface area contributed by atoms with E-state index in [2.05, 4.69) is 10.4 Å². The van der Waals surface area contributed by atoms with E-state index < -0.39 is 0 Å². The van der Waals surface area contributed by atoms with Gasteiger partial charge in [-0.25, -0.2) is 0 Å². The van der Waals surface area contributed by atoms with Gasteiger partial charge in [-0.2, -0.15) is 5.10 Å². The first kappa shape index (κ1) is 15.0. The molecule has 1 saturated heterocycles. The van der Waals surface area contributed by atoms with Crippen LogP contribution in [-0.4, -0.2) is 52.2 Å². The number of nitrogens with two attached hydrogens (primary N) is 1. The van der Waals surface area contributed by atoms with Crippen LogP contribution in [0.15, 0.2) is 12.4 Å². The van der Waals surface area contributed by atoms with Crippen molar-refractivity contribution in [1.82, 2.24) is 20.0 Å². The van der Waals surface area contributed by atoms with E-state index in [0.717, 1.165) is 37.9 Å². The number of carbonyl (C=O) groups is 2. The molecular formula is C15H23N5O2. The second-order valence-corrected chi connectivity index (χ2v) is 6.42. The number of aromatic nitrogens is 2. The summed E-state index contributed by atoms with van der Waals surface area (Å²) in [4.78, 5) is 25.2. The molecule has 0 aromatic carbocycles. The largest absolute Gasteiger partial charge is 0.369 e. The topological polar surface area (TPSA) is 93.3 Å². The summed E-state index contributed by atoms with van der Waals surface area (Å²) < 4.78 is 1.77. The fourth-order valence-corrected chi connectivity index (χ4v) is 3.25. The van der Waals surface area contributed by atoms with Gasteiger partial charge in [-0.05, 0) is 30.7 Å². The van der Waals surface area contributed by atoms with E-state index in [1.54, 1.807) is 4.68 Å². The molecule has 1 aromatic rings. The van der Waals surface area contributed by atoms with Crippen molar-refractivity contribution in [3.63, 3.8) is 0 Å². The van der Waals surface area contributed by atoms with Crippen LogP contribution in [0.3, 0.4) is 0 Å². The lowest BCUT2D eigenvalue weighted by Gasteiger charge is -2.31. The van der Waals surface area contributed by atoms with Crippen molar-refractivity contribution in [2.75, 3.05) is 19.6 Å². The van der Waals surface area contributed by atoms with E-state index in [-0.39, 0.29) is 23.8 Å². The van der Waals surface area contributed by atoms with Crippen molar-refractivity contribution in [2.24, 2.45) is 18.7 Å². The summed E-state index contributed by atoms with van der Waals surface area (Å²) in [5.74, 6) is 0.276. The van der Waals surface area contributed by atoms with Gasteiger partial charge in [0, 0.05) is 38.3 Å². The van der Waals surface area contributed by atoms with E-state index in [9.17, 15) is 9.59 Å². The molecule has 1 saturated carbocycles. The Morgan fingerprint density at radius 2 is 2.14 bits per heavy atom. The zero-order valence-corrected chi connectivity index (χ0v) is 12.9. The Balaban J connectivity index is 1.43. The number of likely N-dealkylation sites (tertiary alicyclic amines) is 1. The minimum Gasteiger partial charge on any atom is -0.369 e. The van der Waals surface area contributed by atoms with Crippen molar-refractivity contribution in [3.8, 4) is 0 Å². The van der Waals surface area contributed by atoms with E-state index in [1.807, 2.05) is 24.3 Å². The molecule has 0 bridgehead atoms. The highest BCUT2D eigenvalue weighted by Gasteiger charge is 2.45. The molecule has 120 valence electrons. The Labute approximate surface area is 129 Å². The molecule has 0 unspecified atom stereocenters. The van der Waals surface area contributed by atoms with Gasteiger partial charge in [0.2, 0.25) is 11.8 Å². The molecule has 1 aromatic heterocycles. The number of nitrogens with zero attached hydrogens (tertiary/aromatic N) is 3. The second kappa shape index (κ2) is 6.08. The molecule has 22 heavy (non-hydrogen) atoms. The molecule has 1 aliphatic carbocycles. The highest BCUT2D eigenvalue weighted by molar-refractivity contribution is 5.83. The molecule has 3 N–H and O–H groups in total. The van der Waals surface area contributed by atoms with Crippen LogP contribution in [0.5, 0.6) is 0 Å². The number of primary amides is 1. The lowest BCUT2D eigenvalue weighted by Crippen LogP contribution is -2.47. The second-order valence-electron chi connectivity index (χ2n) is 6.42. The van der Waals surface area contributed by atoms with Crippen LogP contribution in [0.25, 0.3) is 0 Å². The number of nitrogens with one attached hydrogen (secondary N) is 1. The molecule has 2 atom stereocenters. The van der Waals surface area contributed by atoms with Crippen LogP contribution < -0.4 is 11.1 Å². The fraction of sp³-hybridized carbons (Fsp3) is 0.667. The van der Waals surface area contributed by atoms with Crippen molar-refractivity contribution in [2.45, 2.75) is 31.2 Å². The Morgan fingerprint density at radius 1 is 1.41 bits per heavy atom. The van der Waals surface area contributed by atoms with Crippen LogP contribution in [0.2, 0.25) is 0 Å². The Kier molecular flexibility index (Phi) is 4.15. The molecule has 2 amide bonds. The Hall–Kier alpha value is -1.89. The summed E-state index contributed by atoms with van der Waals surface area (Å²) in [6.45, 7) is 1.93. The maximum atomic E-state index is 12.3. The summed E-state index contributed by atoms with van der Waals surface area (Å²) in [5.41, 5.74) is 6.35. The first-order chi connectivity index (χ1) is 10.5. The Morgan fingerprint density at radius 3 is 2.73 bits per heavy atom. The summed E-state index contributed by atoms with van der Waals surface area (Å²) in [6, 6.07) is 0.215. The zero-order chi connectivity index (χ0) is 15.7. The lowest BCUT2D eigenvalue weighted by atomic mass is 10.0. The first-order valence-corrected chi connectivity index (χ1v) is 7.82. The molecule has 7 heteroatoms. The maximum absolute atomic E-state index is 12.3. The molecule has 1 aliphatic heterocycles. The average molecular weight is 305 g/mol. The smallest absolute Gasteiger partial charge is 0.231 e. The van der Waals surface area contributed by atoms with E-state index in [1.165, 1.54) is 0 Å². The number of hydrogen-bond donors (Lipinski definition) is 2. The molecule has 2 aliphatic rings. The maximum Gasteiger partial charge on any atom is 0.231 e. The minimum absolute atomic E-state index is 0.0906. The SMILES string of the molecule is Cn1cc([C@H]2C[C@@H]2C(=O)NC2CCN(CC(N)=O)CC2)cn1. The van der Waals surface area contributed by atoms with Gasteiger partial charge in [0.1, 0.15) is 0 Å². The van der Waals surface area contributed by atoms with E-state index >= 15 is 0 Å². The summed E-state index contributed by atoms with van der Waals surface area (Å²) in [5, 5.41) is 7.31. The summed E-state index contributed by atoms with van der Waals surface area (Å²) in [6.07, 6.45) is 6.51. The van der Waals surface area contributed by atoms with E-state index in [0.29, 0.717) is 12.5 Å². The third kappa shape index (κ3) is 3.47. The fourth-order valence-electron chi connectivity index (χ4n) is 3.25. The lowest BCUT2D eigenvalue weighted by molar-refractivity contribution is -0.124. The quantitative estimate of drug-likeness (QED) is 0.773. The van der Waals surface area contributed by atoms with Crippen molar-refractivity contribution in [1.29, 1.82) is 0 Å². The molecule has 0 spiro atoms. The van der Waals surface area contributed by atoms with E-state index in [4.69, 9.17) is 5.73 Å². The third-order valence-electron chi connectivity index (χ3n) is 4.59. The number of aryl methyl sites for hydroxylation is 1.